The van der Waals surface area contributed by atoms with Crippen molar-refractivity contribution in [2.75, 3.05) is 0 Å². The SMILES string of the molecule is CCCCC(F)OOC(F)CCCC. The van der Waals surface area contributed by atoms with Gasteiger partial charge in [0.2, 0.25) is 12.7 Å². The molecule has 0 amide bonds. The molecule has 0 aliphatic carbocycles. The highest BCUT2D eigenvalue weighted by Crippen LogP contribution is 2.11. The molecule has 0 aromatic carbocycles. The Hall–Kier alpha value is -0.220. The average molecular weight is 210 g/mol. The standard InChI is InChI=1S/C10H20F2O2/c1-3-5-7-9(11)13-14-10(12)8-6-4-2/h9-10H,3-8H2,1-2H3. The van der Waals surface area contributed by atoms with Crippen molar-refractivity contribution < 1.29 is 18.6 Å². The second kappa shape index (κ2) is 9.34. The summed E-state index contributed by atoms with van der Waals surface area (Å²) in [6.07, 6.45) is 0.725. The highest BCUT2D eigenvalue weighted by atomic mass is 19.2. The molecule has 0 spiro atoms. The van der Waals surface area contributed by atoms with Crippen LogP contribution in [0.25, 0.3) is 0 Å². The molecule has 2 atom stereocenters. The second-order valence-corrected chi connectivity index (χ2v) is 3.30. The lowest BCUT2D eigenvalue weighted by atomic mass is 10.2. The van der Waals surface area contributed by atoms with E-state index in [9.17, 15) is 8.78 Å². The van der Waals surface area contributed by atoms with Crippen LogP contribution in [0.2, 0.25) is 0 Å². The average Bonchev–Trinajstić information content (AvgIpc) is 2.20. The summed E-state index contributed by atoms with van der Waals surface area (Å²) in [6, 6.07) is 0. The van der Waals surface area contributed by atoms with E-state index in [2.05, 4.69) is 9.78 Å². The molecule has 0 radical (unpaired) electrons. The third-order valence-corrected chi connectivity index (χ3v) is 1.83. The molecule has 0 aliphatic rings. The maximum absolute atomic E-state index is 12.8. The molecule has 0 rings (SSSR count). The summed E-state index contributed by atoms with van der Waals surface area (Å²) >= 11 is 0. The van der Waals surface area contributed by atoms with E-state index in [4.69, 9.17) is 0 Å². The molecular formula is C10H20F2O2. The van der Waals surface area contributed by atoms with Crippen LogP contribution in [0.3, 0.4) is 0 Å². The minimum atomic E-state index is -1.50. The minimum absolute atomic E-state index is 0.261. The maximum Gasteiger partial charge on any atom is 0.231 e. The Balaban J connectivity index is 3.31. The van der Waals surface area contributed by atoms with Crippen LogP contribution in [-0.2, 0) is 9.78 Å². The Bertz CT molecular complexity index is 109. The topological polar surface area (TPSA) is 18.5 Å². The maximum atomic E-state index is 12.8. The normalized spacial score (nSPS) is 15.4. The molecular weight excluding hydrogens is 190 g/mol. The van der Waals surface area contributed by atoms with E-state index in [0.717, 1.165) is 25.7 Å². The molecule has 0 N–H and O–H groups in total. The molecule has 2 nitrogen and oxygen atoms in total. The van der Waals surface area contributed by atoms with Crippen molar-refractivity contribution in [1.82, 2.24) is 0 Å². The van der Waals surface area contributed by atoms with E-state index in [-0.39, 0.29) is 12.8 Å². The lowest BCUT2D eigenvalue weighted by molar-refractivity contribution is -0.398. The number of rotatable bonds is 9. The summed E-state index contributed by atoms with van der Waals surface area (Å²) < 4.78 is 25.5. The minimum Gasteiger partial charge on any atom is -0.213 e. The van der Waals surface area contributed by atoms with Crippen molar-refractivity contribution in [3.05, 3.63) is 0 Å². The fourth-order valence-electron chi connectivity index (χ4n) is 0.946. The van der Waals surface area contributed by atoms with Crippen molar-refractivity contribution in [3.8, 4) is 0 Å². The zero-order chi connectivity index (χ0) is 10.8. The van der Waals surface area contributed by atoms with Gasteiger partial charge in [-0.1, -0.05) is 26.7 Å². The van der Waals surface area contributed by atoms with Crippen molar-refractivity contribution in [1.29, 1.82) is 0 Å². The lowest BCUT2D eigenvalue weighted by Gasteiger charge is -2.11. The number of halogens is 2. The molecule has 0 bridgehead atoms. The first-order valence-electron chi connectivity index (χ1n) is 5.31. The highest BCUT2D eigenvalue weighted by Gasteiger charge is 2.12. The second-order valence-electron chi connectivity index (χ2n) is 3.30. The molecule has 0 aromatic rings. The van der Waals surface area contributed by atoms with Gasteiger partial charge in [-0.15, -0.1) is 0 Å². The lowest BCUT2D eigenvalue weighted by Crippen LogP contribution is -2.13. The summed E-state index contributed by atoms with van der Waals surface area (Å²) in [6.45, 7) is 3.90. The Kier molecular flexibility index (Phi) is 9.19. The van der Waals surface area contributed by atoms with Crippen molar-refractivity contribution in [2.24, 2.45) is 0 Å². The van der Waals surface area contributed by atoms with E-state index in [1.165, 1.54) is 0 Å². The van der Waals surface area contributed by atoms with Crippen molar-refractivity contribution in [2.45, 2.75) is 65.1 Å². The van der Waals surface area contributed by atoms with Gasteiger partial charge in [0.15, 0.2) is 0 Å². The molecule has 2 unspecified atom stereocenters. The van der Waals surface area contributed by atoms with Gasteiger partial charge in [-0.05, 0) is 12.8 Å². The van der Waals surface area contributed by atoms with Gasteiger partial charge >= 0.3 is 0 Å². The smallest absolute Gasteiger partial charge is 0.213 e. The first kappa shape index (κ1) is 13.8. The third kappa shape index (κ3) is 8.38. The van der Waals surface area contributed by atoms with Crippen LogP contribution in [0.15, 0.2) is 0 Å². The van der Waals surface area contributed by atoms with E-state index in [0.29, 0.717) is 0 Å². The molecule has 0 fully saturated rings. The first-order chi connectivity index (χ1) is 6.70. The fourth-order valence-corrected chi connectivity index (χ4v) is 0.946. The Morgan fingerprint density at radius 3 is 1.50 bits per heavy atom. The molecule has 0 aliphatic heterocycles. The summed E-state index contributed by atoms with van der Waals surface area (Å²) in [5, 5.41) is 0. The molecule has 86 valence electrons. The van der Waals surface area contributed by atoms with Gasteiger partial charge in [-0.25, -0.2) is 8.78 Å². The fraction of sp³-hybridized carbons (Fsp3) is 1.00. The zero-order valence-electron chi connectivity index (χ0n) is 8.97. The van der Waals surface area contributed by atoms with E-state index < -0.39 is 12.7 Å². The Labute approximate surface area is 84.5 Å². The van der Waals surface area contributed by atoms with Crippen LogP contribution >= 0.6 is 0 Å². The monoisotopic (exact) mass is 210 g/mol. The predicted octanol–water partition coefficient (Wildman–Crippen LogP) is 3.91. The van der Waals surface area contributed by atoms with Crippen LogP contribution < -0.4 is 0 Å². The summed E-state index contributed by atoms with van der Waals surface area (Å²) in [5.74, 6) is 0. The number of alkyl halides is 2. The molecule has 0 saturated heterocycles. The van der Waals surface area contributed by atoms with Crippen molar-refractivity contribution >= 4 is 0 Å². The number of hydrogen-bond donors (Lipinski definition) is 0. The summed E-state index contributed by atoms with van der Waals surface area (Å²) in [5.41, 5.74) is 0. The van der Waals surface area contributed by atoms with E-state index in [1.807, 2.05) is 13.8 Å². The molecule has 0 heterocycles. The zero-order valence-corrected chi connectivity index (χ0v) is 8.97. The molecule has 14 heavy (non-hydrogen) atoms. The van der Waals surface area contributed by atoms with Gasteiger partial charge in [0.25, 0.3) is 0 Å². The largest absolute Gasteiger partial charge is 0.231 e. The van der Waals surface area contributed by atoms with Crippen LogP contribution in [0, 0.1) is 0 Å². The summed E-state index contributed by atoms with van der Waals surface area (Å²) in [4.78, 5) is 8.52. The molecule has 4 heteroatoms. The van der Waals surface area contributed by atoms with E-state index >= 15 is 0 Å². The first-order valence-corrected chi connectivity index (χ1v) is 5.31. The van der Waals surface area contributed by atoms with Crippen LogP contribution in [0.5, 0.6) is 0 Å². The van der Waals surface area contributed by atoms with Gasteiger partial charge in [0.05, 0.1) is 0 Å². The van der Waals surface area contributed by atoms with E-state index in [1.54, 1.807) is 0 Å². The van der Waals surface area contributed by atoms with Crippen LogP contribution in [-0.4, -0.2) is 12.7 Å². The van der Waals surface area contributed by atoms with Gasteiger partial charge in [-0.2, -0.15) is 9.78 Å². The molecule has 0 aromatic heterocycles. The predicted molar refractivity (Wildman–Crippen MR) is 51.0 cm³/mol. The summed E-state index contributed by atoms with van der Waals surface area (Å²) in [7, 11) is 0. The number of hydrogen-bond acceptors (Lipinski definition) is 2. The highest BCUT2D eigenvalue weighted by molar-refractivity contribution is 4.42. The van der Waals surface area contributed by atoms with Crippen LogP contribution in [0.1, 0.15) is 52.4 Å². The van der Waals surface area contributed by atoms with Crippen LogP contribution in [0.4, 0.5) is 8.78 Å². The van der Waals surface area contributed by atoms with Gasteiger partial charge < -0.3 is 0 Å². The Morgan fingerprint density at radius 1 is 0.857 bits per heavy atom. The third-order valence-electron chi connectivity index (χ3n) is 1.83. The van der Waals surface area contributed by atoms with Crippen molar-refractivity contribution in [3.63, 3.8) is 0 Å². The van der Waals surface area contributed by atoms with Gasteiger partial charge in [0.1, 0.15) is 0 Å². The quantitative estimate of drug-likeness (QED) is 0.424. The van der Waals surface area contributed by atoms with Gasteiger partial charge in [-0.3, -0.25) is 0 Å². The number of unbranched alkanes of at least 4 members (excludes halogenated alkanes) is 2. The van der Waals surface area contributed by atoms with Gasteiger partial charge in [0, 0.05) is 12.8 Å². The Morgan fingerprint density at radius 2 is 1.21 bits per heavy atom. The molecule has 0 saturated carbocycles.